The largest absolute Gasteiger partial charge is 0.461 e. The molecule has 0 aromatic heterocycles. The number of hydrogen-bond acceptors (Lipinski definition) is 2. The maximum atomic E-state index is 14.4. The van der Waals surface area contributed by atoms with Crippen LogP contribution in [0.15, 0.2) is 12.2 Å². The third-order valence-electron chi connectivity index (χ3n) is 5.45. The predicted molar refractivity (Wildman–Crippen MR) is 90.7 cm³/mol. The Kier molecular flexibility index (Phi) is 5.83. The Hall–Kier alpha value is -1.85. The molecule has 26 heavy (non-hydrogen) atoms. The molecule has 1 saturated carbocycles. The van der Waals surface area contributed by atoms with Crippen LogP contribution < -0.4 is 0 Å². The maximum absolute atomic E-state index is 14.4. The zero-order valence-electron chi connectivity index (χ0n) is 15.7. The Morgan fingerprint density at radius 2 is 1.58 bits per heavy atom. The molecule has 0 aliphatic heterocycles. The van der Waals surface area contributed by atoms with Crippen molar-refractivity contribution in [1.82, 2.24) is 0 Å². The van der Waals surface area contributed by atoms with Gasteiger partial charge in [-0.1, -0.05) is 27.7 Å². The average Bonchev–Trinajstić information content (AvgIpc) is 3.10. The first-order chi connectivity index (χ1) is 12.1. The lowest BCUT2D eigenvalue weighted by atomic mass is 9.93. The molecule has 144 valence electrons. The SMILES string of the molecule is CCc1c(F)c(C)c(F)c(CC)c1COC(=O)[C@@H]1[C@@H](C=C(F)F)C1(C)C. The topological polar surface area (TPSA) is 26.3 Å². The van der Waals surface area contributed by atoms with Crippen LogP contribution in [0.5, 0.6) is 0 Å². The van der Waals surface area contributed by atoms with Gasteiger partial charge in [-0.05, 0) is 42.4 Å². The van der Waals surface area contributed by atoms with E-state index in [0.717, 1.165) is 6.08 Å². The van der Waals surface area contributed by atoms with Crippen LogP contribution in [0.1, 0.15) is 49.9 Å². The van der Waals surface area contributed by atoms with Gasteiger partial charge < -0.3 is 4.74 Å². The Balaban J connectivity index is 2.25. The van der Waals surface area contributed by atoms with Crippen molar-refractivity contribution in [3.8, 4) is 0 Å². The van der Waals surface area contributed by atoms with Crippen molar-refractivity contribution in [2.24, 2.45) is 17.3 Å². The van der Waals surface area contributed by atoms with Crippen molar-refractivity contribution in [2.75, 3.05) is 0 Å². The van der Waals surface area contributed by atoms with Gasteiger partial charge in [0.15, 0.2) is 0 Å². The van der Waals surface area contributed by atoms with E-state index in [1.54, 1.807) is 27.7 Å². The van der Waals surface area contributed by atoms with E-state index in [4.69, 9.17) is 4.74 Å². The number of benzene rings is 1. The fourth-order valence-corrected chi connectivity index (χ4v) is 3.72. The highest BCUT2D eigenvalue weighted by atomic mass is 19.3. The summed E-state index contributed by atoms with van der Waals surface area (Å²) < 4.78 is 59.1. The second-order valence-electron chi connectivity index (χ2n) is 7.28. The van der Waals surface area contributed by atoms with Gasteiger partial charge in [0.2, 0.25) is 0 Å². The van der Waals surface area contributed by atoms with Crippen molar-refractivity contribution in [1.29, 1.82) is 0 Å². The first kappa shape index (κ1) is 20.5. The van der Waals surface area contributed by atoms with Gasteiger partial charge in [0.1, 0.15) is 18.2 Å². The minimum absolute atomic E-state index is 0.0410. The summed E-state index contributed by atoms with van der Waals surface area (Å²) in [6.07, 6.45) is -0.394. The number of carbonyl (C=O) groups excluding carboxylic acids is 1. The number of hydrogen-bond donors (Lipinski definition) is 0. The molecule has 1 fully saturated rings. The van der Waals surface area contributed by atoms with Crippen molar-refractivity contribution in [3.05, 3.63) is 46.0 Å². The molecule has 1 aromatic rings. The van der Waals surface area contributed by atoms with Gasteiger partial charge >= 0.3 is 5.97 Å². The Labute approximate surface area is 151 Å². The van der Waals surface area contributed by atoms with E-state index in [-0.39, 0.29) is 12.2 Å². The summed E-state index contributed by atoms with van der Waals surface area (Å²) in [7, 11) is 0. The summed E-state index contributed by atoms with van der Waals surface area (Å²) >= 11 is 0. The van der Waals surface area contributed by atoms with Crippen LogP contribution in [0.4, 0.5) is 17.6 Å². The highest BCUT2D eigenvalue weighted by molar-refractivity contribution is 5.78. The van der Waals surface area contributed by atoms with Crippen LogP contribution in [0.2, 0.25) is 0 Å². The van der Waals surface area contributed by atoms with Crippen LogP contribution in [0.25, 0.3) is 0 Å². The lowest BCUT2D eigenvalue weighted by Gasteiger charge is -2.18. The summed E-state index contributed by atoms with van der Waals surface area (Å²) in [6, 6.07) is 0. The summed E-state index contributed by atoms with van der Waals surface area (Å²) in [4.78, 5) is 12.3. The second-order valence-corrected chi connectivity index (χ2v) is 7.28. The summed E-state index contributed by atoms with van der Waals surface area (Å²) in [5.74, 6) is -3.15. The van der Waals surface area contributed by atoms with Crippen molar-refractivity contribution >= 4 is 5.97 Å². The van der Waals surface area contributed by atoms with Crippen molar-refractivity contribution < 1.29 is 27.1 Å². The molecule has 0 N–H and O–H groups in total. The van der Waals surface area contributed by atoms with E-state index in [0.29, 0.717) is 29.5 Å². The van der Waals surface area contributed by atoms with E-state index in [1.807, 2.05) is 0 Å². The van der Waals surface area contributed by atoms with Crippen molar-refractivity contribution in [3.63, 3.8) is 0 Å². The molecule has 2 nitrogen and oxygen atoms in total. The van der Waals surface area contributed by atoms with Gasteiger partial charge in [-0.3, -0.25) is 4.79 Å². The first-order valence-corrected chi connectivity index (χ1v) is 8.75. The average molecular weight is 372 g/mol. The molecule has 1 aliphatic rings. The zero-order chi connectivity index (χ0) is 19.8. The fraction of sp³-hybridized carbons (Fsp3) is 0.550. The molecule has 2 rings (SSSR count). The molecule has 2 atom stereocenters. The minimum atomic E-state index is -1.83. The molecule has 0 spiro atoms. The third kappa shape index (κ3) is 3.51. The molecule has 0 bridgehead atoms. The molecular formula is C20H24F4O2. The van der Waals surface area contributed by atoms with Crippen molar-refractivity contribution in [2.45, 2.75) is 54.1 Å². The molecule has 0 radical (unpaired) electrons. The highest BCUT2D eigenvalue weighted by Crippen LogP contribution is 2.60. The number of carbonyl (C=O) groups is 1. The van der Waals surface area contributed by atoms with Gasteiger partial charge in [0, 0.05) is 17.0 Å². The smallest absolute Gasteiger partial charge is 0.310 e. The van der Waals surface area contributed by atoms with E-state index < -0.39 is 40.9 Å². The van der Waals surface area contributed by atoms with E-state index in [2.05, 4.69) is 0 Å². The number of rotatable bonds is 6. The normalized spacial score (nSPS) is 20.7. The highest BCUT2D eigenvalue weighted by Gasteiger charge is 2.62. The summed E-state index contributed by atoms with van der Waals surface area (Å²) in [5.41, 5.74) is 0.336. The summed E-state index contributed by atoms with van der Waals surface area (Å²) in [6.45, 7) is 8.03. The molecule has 0 amide bonds. The third-order valence-corrected chi connectivity index (χ3v) is 5.45. The minimum Gasteiger partial charge on any atom is -0.461 e. The van der Waals surface area contributed by atoms with Crippen LogP contribution in [-0.4, -0.2) is 5.97 Å². The zero-order valence-corrected chi connectivity index (χ0v) is 15.7. The molecule has 6 heteroatoms. The number of allylic oxidation sites excluding steroid dienone is 1. The number of ether oxygens (including phenoxy) is 1. The Morgan fingerprint density at radius 3 is 2.00 bits per heavy atom. The lowest BCUT2D eigenvalue weighted by Crippen LogP contribution is -2.15. The van der Waals surface area contributed by atoms with Crippen LogP contribution in [0.3, 0.4) is 0 Å². The molecule has 1 aromatic carbocycles. The maximum Gasteiger partial charge on any atom is 0.310 e. The van der Waals surface area contributed by atoms with Gasteiger partial charge in [-0.15, -0.1) is 0 Å². The number of esters is 1. The van der Waals surface area contributed by atoms with Crippen LogP contribution in [0, 0.1) is 35.8 Å². The molecule has 0 saturated heterocycles. The Morgan fingerprint density at radius 1 is 1.08 bits per heavy atom. The quantitative estimate of drug-likeness (QED) is 0.487. The van der Waals surface area contributed by atoms with Crippen LogP contribution in [-0.2, 0) is 29.0 Å². The van der Waals surface area contributed by atoms with Crippen LogP contribution >= 0.6 is 0 Å². The standard InChI is InChI=1S/C20H24F4O2/c1-6-11-13(12(7-2)18(24)10(3)17(11)23)9-26-19(25)16-14(8-15(21)22)20(16,4)5/h8,14,16H,6-7,9H2,1-5H3/t14-,16+/m1/s1. The number of halogens is 4. The van der Waals surface area contributed by atoms with E-state index in [1.165, 1.54) is 6.92 Å². The molecule has 0 heterocycles. The summed E-state index contributed by atoms with van der Waals surface area (Å²) in [5, 5.41) is 0. The lowest BCUT2D eigenvalue weighted by molar-refractivity contribution is -0.147. The monoisotopic (exact) mass is 372 g/mol. The molecule has 1 aliphatic carbocycles. The fourth-order valence-electron chi connectivity index (χ4n) is 3.72. The molecular weight excluding hydrogens is 348 g/mol. The van der Waals surface area contributed by atoms with Gasteiger partial charge in [0.25, 0.3) is 6.08 Å². The van der Waals surface area contributed by atoms with Gasteiger partial charge in [0.05, 0.1) is 5.92 Å². The molecule has 0 unspecified atom stereocenters. The van der Waals surface area contributed by atoms with Gasteiger partial charge in [-0.25, -0.2) is 8.78 Å². The van der Waals surface area contributed by atoms with E-state index >= 15 is 0 Å². The second kappa shape index (κ2) is 7.41. The van der Waals surface area contributed by atoms with Gasteiger partial charge in [-0.2, -0.15) is 8.78 Å². The van der Waals surface area contributed by atoms with E-state index in [9.17, 15) is 22.4 Å². The predicted octanol–water partition coefficient (Wildman–Crippen LogP) is 5.49. The Bertz CT molecular complexity index is 718. The first-order valence-electron chi connectivity index (χ1n) is 8.75.